The van der Waals surface area contributed by atoms with Gasteiger partial charge < -0.3 is 4.90 Å². The van der Waals surface area contributed by atoms with Gasteiger partial charge in [0.1, 0.15) is 5.69 Å². The maximum absolute atomic E-state index is 13.3. The van der Waals surface area contributed by atoms with Crippen molar-refractivity contribution in [3.05, 3.63) is 63.5 Å². The molecular weight excluding hydrogens is 345 g/mol. The van der Waals surface area contributed by atoms with Crippen molar-refractivity contribution in [2.45, 2.75) is 19.8 Å². The van der Waals surface area contributed by atoms with Crippen molar-refractivity contribution in [1.29, 1.82) is 0 Å². The van der Waals surface area contributed by atoms with Crippen LogP contribution >= 0.6 is 23.2 Å². The Balaban J connectivity index is 1.87. The van der Waals surface area contributed by atoms with E-state index in [2.05, 4.69) is 11.1 Å². The largest absolute Gasteiger partial charge is 0.307 e. The van der Waals surface area contributed by atoms with Gasteiger partial charge >= 0.3 is 0 Å². The maximum Gasteiger partial charge on any atom is 0.277 e. The molecule has 3 aromatic rings. The van der Waals surface area contributed by atoms with E-state index in [9.17, 15) is 4.79 Å². The minimum atomic E-state index is -0.0783. The molecule has 0 unspecified atom stereocenters. The number of rotatable bonds is 1. The van der Waals surface area contributed by atoms with Gasteiger partial charge in [0.25, 0.3) is 5.91 Å². The topological polar surface area (TPSA) is 37.6 Å². The third-order valence-electron chi connectivity index (χ3n) is 4.37. The van der Waals surface area contributed by atoms with Crippen LogP contribution in [-0.2, 0) is 6.42 Å². The Labute approximate surface area is 149 Å². The maximum atomic E-state index is 13.3. The lowest BCUT2D eigenvalue weighted by atomic mass is 10.0. The summed E-state index contributed by atoms with van der Waals surface area (Å²) in [6.07, 6.45) is 3.62. The first-order chi connectivity index (χ1) is 11.6. The van der Waals surface area contributed by atoms with E-state index in [0.717, 1.165) is 18.5 Å². The number of amides is 1. The lowest BCUT2D eigenvalue weighted by Gasteiger charge is -2.29. The van der Waals surface area contributed by atoms with Crippen LogP contribution in [0.15, 0.2) is 36.5 Å². The zero-order valence-corrected chi connectivity index (χ0v) is 14.6. The molecule has 0 spiro atoms. The van der Waals surface area contributed by atoms with Crippen LogP contribution in [0.5, 0.6) is 0 Å². The molecule has 2 aromatic heterocycles. The molecule has 1 amide bonds. The highest BCUT2D eigenvalue weighted by Gasteiger charge is 2.27. The third kappa shape index (κ3) is 2.38. The third-order valence-corrected chi connectivity index (χ3v) is 4.86. The number of halogens is 2. The molecule has 0 fully saturated rings. The van der Waals surface area contributed by atoms with Crippen LogP contribution in [0, 0.1) is 6.92 Å². The van der Waals surface area contributed by atoms with E-state index >= 15 is 0 Å². The first-order valence-corrected chi connectivity index (χ1v) is 8.55. The lowest BCUT2D eigenvalue weighted by Crippen LogP contribution is -2.36. The van der Waals surface area contributed by atoms with E-state index in [4.69, 9.17) is 23.2 Å². The number of carbonyl (C=O) groups is 1. The summed E-state index contributed by atoms with van der Waals surface area (Å²) < 4.78 is 1.69. The number of hydrogen-bond acceptors (Lipinski definition) is 2. The molecule has 1 aliphatic heterocycles. The molecule has 4 rings (SSSR count). The Morgan fingerprint density at radius 3 is 2.88 bits per heavy atom. The van der Waals surface area contributed by atoms with Crippen molar-refractivity contribution in [2.24, 2.45) is 0 Å². The van der Waals surface area contributed by atoms with E-state index < -0.39 is 0 Å². The summed E-state index contributed by atoms with van der Waals surface area (Å²) in [5.74, 6) is -0.0783. The Morgan fingerprint density at radius 2 is 2.04 bits per heavy atom. The van der Waals surface area contributed by atoms with Crippen molar-refractivity contribution >= 4 is 40.4 Å². The average molecular weight is 360 g/mol. The molecule has 24 heavy (non-hydrogen) atoms. The van der Waals surface area contributed by atoms with Gasteiger partial charge in [0.2, 0.25) is 0 Å². The van der Waals surface area contributed by atoms with Gasteiger partial charge in [-0.3, -0.25) is 9.20 Å². The number of carbonyl (C=O) groups excluding carboxylic acids is 1. The molecule has 1 aromatic carbocycles. The predicted molar refractivity (Wildman–Crippen MR) is 96.4 cm³/mol. The zero-order chi connectivity index (χ0) is 16.8. The fourth-order valence-corrected chi connectivity index (χ4v) is 3.83. The number of anilines is 1. The standard InChI is InChI=1S/C18H15Cl2N3O/c1-11-16(23-10-13(19)9-14(20)17(23)21-11)18(24)22-8-4-6-12-5-2-3-7-15(12)22/h2-3,5,7,9-10H,4,6,8H2,1H3. The van der Waals surface area contributed by atoms with Crippen molar-refractivity contribution in [3.8, 4) is 0 Å². The van der Waals surface area contributed by atoms with E-state index in [-0.39, 0.29) is 5.91 Å². The smallest absolute Gasteiger partial charge is 0.277 e. The van der Waals surface area contributed by atoms with Gasteiger partial charge in [-0.1, -0.05) is 41.4 Å². The molecule has 122 valence electrons. The van der Waals surface area contributed by atoms with Gasteiger partial charge in [0.05, 0.1) is 15.7 Å². The monoisotopic (exact) mass is 359 g/mol. The van der Waals surface area contributed by atoms with Crippen LogP contribution < -0.4 is 4.90 Å². The summed E-state index contributed by atoms with van der Waals surface area (Å²) in [5, 5.41) is 0.904. The number of hydrogen-bond donors (Lipinski definition) is 0. The molecule has 4 nitrogen and oxygen atoms in total. The second-order valence-corrected chi connectivity index (χ2v) is 6.78. The number of nitrogens with zero attached hydrogens (tertiary/aromatic N) is 3. The number of aryl methyl sites for hydroxylation is 2. The summed E-state index contributed by atoms with van der Waals surface area (Å²) in [6.45, 7) is 2.51. The van der Waals surface area contributed by atoms with E-state index in [1.54, 1.807) is 16.7 Å². The minimum absolute atomic E-state index is 0.0783. The molecule has 0 atom stereocenters. The molecule has 0 saturated heterocycles. The first kappa shape index (κ1) is 15.5. The quantitative estimate of drug-likeness (QED) is 0.639. The van der Waals surface area contributed by atoms with Gasteiger partial charge in [0, 0.05) is 18.4 Å². The van der Waals surface area contributed by atoms with Gasteiger partial charge in [-0.2, -0.15) is 0 Å². The summed E-state index contributed by atoms with van der Waals surface area (Å²) in [7, 11) is 0. The zero-order valence-electron chi connectivity index (χ0n) is 13.1. The Hall–Kier alpha value is -2.04. The van der Waals surface area contributed by atoms with Crippen molar-refractivity contribution in [1.82, 2.24) is 9.38 Å². The van der Waals surface area contributed by atoms with E-state index in [0.29, 0.717) is 33.6 Å². The molecule has 0 aliphatic carbocycles. The molecule has 1 aliphatic rings. The Bertz CT molecular complexity index is 964. The summed E-state index contributed by atoms with van der Waals surface area (Å²) in [6, 6.07) is 9.66. The highest BCUT2D eigenvalue weighted by atomic mass is 35.5. The summed E-state index contributed by atoms with van der Waals surface area (Å²) >= 11 is 12.3. The summed E-state index contributed by atoms with van der Waals surface area (Å²) in [4.78, 5) is 19.5. The molecule has 0 bridgehead atoms. The van der Waals surface area contributed by atoms with Crippen LogP contribution in [0.4, 0.5) is 5.69 Å². The van der Waals surface area contributed by atoms with Gasteiger partial charge in [0.15, 0.2) is 5.65 Å². The molecule has 0 saturated carbocycles. The Morgan fingerprint density at radius 1 is 1.25 bits per heavy atom. The van der Waals surface area contributed by atoms with Crippen molar-refractivity contribution < 1.29 is 4.79 Å². The number of aromatic nitrogens is 2. The predicted octanol–water partition coefficient (Wildman–Crippen LogP) is 4.54. The van der Waals surface area contributed by atoms with Gasteiger partial charge in [-0.25, -0.2) is 4.98 Å². The SMILES string of the molecule is Cc1nc2c(Cl)cc(Cl)cn2c1C(=O)N1CCCc2ccccc21. The number of para-hydroxylation sites is 1. The average Bonchev–Trinajstić information content (AvgIpc) is 2.90. The first-order valence-electron chi connectivity index (χ1n) is 7.80. The molecule has 0 radical (unpaired) electrons. The van der Waals surface area contributed by atoms with Crippen LogP contribution in [0.3, 0.4) is 0 Å². The van der Waals surface area contributed by atoms with Crippen LogP contribution in [0.25, 0.3) is 5.65 Å². The highest BCUT2D eigenvalue weighted by molar-refractivity contribution is 6.36. The molecule has 6 heteroatoms. The van der Waals surface area contributed by atoms with Gasteiger partial charge in [-0.05, 0) is 37.5 Å². The van der Waals surface area contributed by atoms with E-state index in [1.165, 1.54) is 5.56 Å². The second kappa shape index (κ2) is 5.80. The number of fused-ring (bicyclic) bond motifs is 2. The van der Waals surface area contributed by atoms with Crippen LogP contribution in [0.2, 0.25) is 10.0 Å². The Kier molecular flexibility index (Phi) is 3.74. The fraction of sp³-hybridized carbons (Fsp3) is 0.222. The van der Waals surface area contributed by atoms with Crippen LogP contribution in [0.1, 0.15) is 28.2 Å². The summed E-state index contributed by atoms with van der Waals surface area (Å²) in [5.41, 5.74) is 3.86. The fourth-order valence-electron chi connectivity index (χ4n) is 3.32. The van der Waals surface area contributed by atoms with E-state index in [1.807, 2.05) is 30.0 Å². The molecule has 3 heterocycles. The van der Waals surface area contributed by atoms with Crippen molar-refractivity contribution in [3.63, 3.8) is 0 Å². The molecular formula is C18H15Cl2N3O. The van der Waals surface area contributed by atoms with Gasteiger partial charge in [-0.15, -0.1) is 0 Å². The second-order valence-electron chi connectivity index (χ2n) is 5.93. The van der Waals surface area contributed by atoms with Crippen LogP contribution in [-0.4, -0.2) is 21.8 Å². The normalized spacial score (nSPS) is 14.0. The molecule has 0 N–H and O–H groups in total. The minimum Gasteiger partial charge on any atom is -0.307 e. The highest BCUT2D eigenvalue weighted by Crippen LogP contribution is 2.30. The number of imidazole rings is 1. The number of pyridine rings is 1. The number of benzene rings is 1. The lowest BCUT2D eigenvalue weighted by molar-refractivity contribution is 0.0979. The van der Waals surface area contributed by atoms with Crippen molar-refractivity contribution in [2.75, 3.05) is 11.4 Å².